The Morgan fingerprint density at radius 1 is 1.24 bits per heavy atom. The summed E-state index contributed by atoms with van der Waals surface area (Å²) >= 11 is 1.72. The van der Waals surface area contributed by atoms with Gasteiger partial charge >= 0.3 is 0 Å². The molecule has 0 aliphatic rings. The minimum atomic E-state index is 0.396. The zero-order valence-corrected chi connectivity index (χ0v) is 14.5. The minimum Gasteiger partial charge on any atom is -0.367 e. The van der Waals surface area contributed by atoms with Crippen LogP contribution in [-0.2, 0) is 0 Å². The Labute approximate surface area is 131 Å². The summed E-state index contributed by atoms with van der Waals surface area (Å²) in [6, 6.07) is 2.57. The fourth-order valence-corrected chi connectivity index (χ4v) is 3.06. The lowest BCUT2D eigenvalue weighted by Crippen LogP contribution is -2.24. The van der Waals surface area contributed by atoms with Gasteiger partial charge in [-0.05, 0) is 32.3 Å². The van der Waals surface area contributed by atoms with Gasteiger partial charge in [0.05, 0.1) is 5.39 Å². The van der Waals surface area contributed by atoms with Gasteiger partial charge in [0.15, 0.2) is 0 Å². The predicted octanol–water partition coefficient (Wildman–Crippen LogP) is 4.67. The van der Waals surface area contributed by atoms with Crippen molar-refractivity contribution in [1.82, 2.24) is 9.97 Å². The monoisotopic (exact) mass is 306 g/mol. The Bertz CT molecular complexity index is 593. The average molecular weight is 306 g/mol. The van der Waals surface area contributed by atoms with Crippen molar-refractivity contribution in [3.05, 3.63) is 10.9 Å². The van der Waals surface area contributed by atoms with E-state index in [-0.39, 0.29) is 0 Å². The summed E-state index contributed by atoms with van der Waals surface area (Å²) in [6.07, 6.45) is 2.23. The van der Waals surface area contributed by atoms with Crippen molar-refractivity contribution in [3.63, 3.8) is 0 Å². The molecule has 0 aromatic carbocycles. The van der Waals surface area contributed by atoms with Gasteiger partial charge in [-0.2, -0.15) is 4.98 Å². The smallest absolute Gasteiger partial charge is 0.226 e. The summed E-state index contributed by atoms with van der Waals surface area (Å²) in [6.45, 7) is 11.9. The Kier molecular flexibility index (Phi) is 5.39. The molecule has 2 aromatic heterocycles. The molecular weight excluding hydrogens is 280 g/mol. The van der Waals surface area contributed by atoms with Gasteiger partial charge in [0.1, 0.15) is 10.6 Å². The van der Waals surface area contributed by atoms with Crippen molar-refractivity contribution in [1.29, 1.82) is 0 Å². The van der Waals surface area contributed by atoms with E-state index in [0.717, 1.165) is 41.4 Å². The van der Waals surface area contributed by atoms with Gasteiger partial charge < -0.3 is 10.6 Å². The van der Waals surface area contributed by atoms with E-state index in [1.165, 1.54) is 4.88 Å². The molecule has 0 radical (unpaired) electrons. The third-order valence-corrected chi connectivity index (χ3v) is 4.86. The summed E-state index contributed by atoms with van der Waals surface area (Å²) in [7, 11) is 0. The molecular formula is C16H26N4S. The largest absolute Gasteiger partial charge is 0.367 e. The van der Waals surface area contributed by atoms with Crippen LogP contribution in [0.4, 0.5) is 11.8 Å². The number of nitrogens with one attached hydrogen (secondary N) is 2. The van der Waals surface area contributed by atoms with Crippen molar-refractivity contribution in [2.45, 2.75) is 53.5 Å². The molecule has 0 amide bonds. The number of hydrogen-bond donors (Lipinski definition) is 2. The number of nitrogens with zero attached hydrogens (tertiary/aromatic N) is 2. The number of hydrogen-bond acceptors (Lipinski definition) is 5. The lowest BCUT2D eigenvalue weighted by molar-refractivity contribution is 0.494. The number of fused-ring (bicyclic) bond motifs is 1. The van der Waals surface area contributed by atoms with Crippen LogP contribution in [0.2, 0.25) is 0 Å². The van der Waals surface area contributed by atoms with Crippen LogP contribution in [0.3, 0.4) is 0 Å². The summed E-state index contributed by atoms with van der Waals surface area (Å²) in [5.74, 6) is 2.29. The zero-order valence-electron chi connectivity index (χ0n) is 13.7. The van der Waals surface area contributed by atoms with E-state index in [1.54, 1.807) is 11.3 Å². The van der Waals surface area contributed by atoms with E-state index >= 15 is 0 Å². The minimum absolute atomic E-state index is 0.396. The molecule has 0 saturated heterocycles. The van der Waals surface area contributed by atoms with E-state index in [9.17, 15) is 0 Å². The first-order valence-corrected chi connectivity index (χ1v) is 8.65. The van der Waals surface area contributed by atoms with Gasteiger partial charge in [-0.25, -0.2) is 4.98 Å². The lowest BCUT2D eigenvalue weighted by Gasteiger charge is -2.21. The van der Waals surface area contributed by atoms with Gasteiger partial charge in [-0.1, -0.05) is 27.2 Å². The molecule has 0 aliphatic carbocycles. The van der Waals surface area contributed by atoms with Gasteiger partial charge in [-0.15, -0.1) is 11.3 Å². The number of anilines is 2. The van der Waals surface area contributed by atoms with Gasteiger partial charge in [0, 0.05) is 17.5 Å². The van der Waals surface area contributed by atoms with Gasteiger partial charge in [0.25, 0.3) is 0 Å². The number of aryl methyl sites for hydroxylation is 1. The summed E-state index contributed by atoms with van der Waals surface area (Å²) in [5, 5.41) is 8.01. The van der Waals surface area contributed by atoms with E-state index in [4.69, 9.17) is 0 Å². The van der Waals surface area contributed by atoms with Crippen molar-refractivity contribution >= 4 is 33.3 Å². The summed E-state index contributed by atoms with van der Waals surface area (Å²) in [5.41, 5.74) is 0. The predicted molar refractivity (Wildman–Crippen MR) is 93.5 cm³/mol. The van der Waals surface area contributed by atoms with Crippen LogP contribution in [0.1, 0.15) is 45.4 Å². The molecule has 2 atom stereocenters. The Hall–Kier alpha value is -1.36. The highest BCUT2D eigenvalue weighted by atomic mass is 32.1. The topological polar surface area (TPSA) is 49.8 Å². The Balaban J connectivity index is 2.34. The fraction of sp³-hybridized carbons (Fsp3) is 0.625. The van der Waals surface area contributed by atoms with Crippen molar-refractivity contribution in [2.24, 2.45) is 5.92 Å². The first-order chi connectivity index (χ1) is 10.0. The second-order valence-corrected chi connectivity index (χ2v) is 6.95. The van der Waals surface area contributed by atoms with Crippen LogP contribution in [0.25, 0.3) is 10.2 Å². The molecule has 0 saturated carbocycles. The van der Waals surface area contributed by atoms with Crippen LogP contribution >= 0.6 is 11.3 Å². The summed E-state index contributed by atoms with van der Waals surface area (Å²) in [4.78, 5) is 11.6. The molecule has 0 fully saturated rings. The molecule has 2 heterocycles. The molecule has 116 valence electrons. The van der Waals surface area contributed by atoms with Crippen LogP contribution in [0.5, 0.6) is 0 Å². The number of aromatic nitrogens is 2. The van der Waals surface area contributed by atoms with E-state index in [0.29, 0.717) is 12.0 Å². The molecule has 21 heavy (non-hydrogen) atoms. The van der Waals surface area contributed by atoms with E-state index < -0.39 is 0 Å². The molecule has 0 bridgehead atoms. The SMILES string of the molecule is CCCNc1nc(NC(C)C(C)CC)c2cc(C)sc2n1. The second-order valence-electron chi connectivity index (χ2n) is 5.72. The van der Waals surface area contributed by atoms with Crippen molar-refractivity contribution in [2.75, 3.05) is 17.2 Å². The first kappa shape index (κ1) is 16.0. The zero-order chi connectivity index (χ0) is 15.4. The molecule has 4 nitrogen and oxygen atoms in total. The van der Waals surface area contributed by atoms with Gasteiger partial charge in [0.2, 0.25) is 5.95 Å². The van der Waals surface area contributed by atoms with E-state index in [1.807, 2.05) is 0 Å². The standard InChI is InChI=1S/C16H26N4S/c1-6-8-17-16-19-14(18-12(5)10(3)7-2)13-9-11(4)21-15(13)20-16/h9-10,12H,6-8H2,1-5H3,(H2,17,18,19,20). The highest BCUT2D eigenvalue weighted by Gasteiger charge is 2.15. The summed E-state index contributed by atoms with van der Waals surface area (Å²) < 4.78 is 0. The van der Waals surface area contributed by atoms with Crippen LogP contribution in [-0.4, -0.2) is 22.6 Å². The third-order valence-electron chi connectivity index (χ3n) is 3.91. The third kappa shape index (κ3) is 3.84. The quantitative estimate of drug-likeness (QED) is 0.780. The maximum absolute atomic E-state index is 4.68. The first-order valence-electron chi connectivity index (χ1n) is 7.83. The highest BCUT2D eigenvalue weighted by Crippen LogP contribution is 2.30. The molecule has 0 spiro atoms. The Morgan fingerprint density at radius 3 is 2.67 bits per heavy atom. The second kappa shape index (κ2) is 7.07. The molecule has 2 unspecified atom stereocenters. The van der Waals surface area contributed by atoms with Crippen LogP contribution < -0.4 is 10.6 Å². The fourth-order valence-electron chi connectivity index (χ4n) is 2.18. The molecule has 5 heteroatoms. The maximum atomic E-state index is 4.68. The van der Waals surface area contributed by atoms with Crippen molar-refractivity contribution in [3.8, 4) is 0 Å². The van der Waals surface area contributed by atoms with E-state index in [2.05, 4.69) is 61.3 Å². The normalized spacial score (nSPS) is 14.1. The Morgan fingerprint density at radius 2 is 2.00 bits per heavy atom. The lowest BCUT2D eigenvalue weighted by atomic mass is 10.0. The molecule has 2 N–H and O–H groups in total. The van der Waals surface area contributed by atoms with Crippen molar-refractivity contribution < 1.29 is 0 Å². The van der Waals surface area contributed by atoms with Gasteiger partial charge in [-0.3, -0.25) is 0 Å². The molecule has 2 rings (SSSR count). The number of rotatable bonds is 7. The highest BCUT2D eigenvalue weighted by molar-refractivity contribution is 7.18. The average Bonchev–Trinajstić information content (AvgIpc) is 2.84. The molecule has 0 aliphatic heterocycles. The van der Waals surface area contributed by atoms with Crippen LogP contribution in [0.15, 0.2) is 6.07 Å². The number of thiophene rings is 1. The maximum Gasteiger partial charge on any atom is 0.226 e. The molecule has 2 aromatic rings. The van der Waals surface area contributed by atoms with Crippen LogP contribution in [0, 0.1) is 12.8 Å².